The van der Waals surface area contributed by atoms with E-state index in [-0.39, 0.29) is 12.7 Å². The quantitative estimate of drug-likeness (QED) is 0.363. The highest BCUT2D eigenvalue weighted by Gasteiger charge is 2.05. The van der Waals surface area contributed by atoms with E-state index in [4.69, 9.17) is 19.3 Å². The fourth-order valence-corrected chi connectivity index (χ4v) is 2.51. The molecular weight excluding hydrogens is 308 g/mol. The van der Waals surface area contributed by atoms with E-state index < -0.39 is 0 Å². The first-order chi connectivity index (χ1) is 11.7. The Labute approximate surface area is 148 Å². The van der Waals surface area contributed by atoms with Crippen LogP contribution in [0.25, 0.3) is 0 Å². The molecule has 1 N–H and O–H groups in total. The third-order valence-corrected chi connectivity index (χ3v) is 4.14. The summed E-state index contributed by atoms with van der Waals surface area (Å²) in [5.74, 6) is 0.375. The molecule has 0 aliphatic heterocycles. The molecule has 144 valence electrons. The van der Waals surface area contributed by atoms with E-state index in [1.807, 2.05) is 0 Å². The summed E-state index contributed by atoms with van der Waals surface area (Å²) in [6, 6.07) is 0. The first-order valence-electron chi connectivity index (χ1n) is 9.46. The number of hydrogen-bond acceptors (Lipinski definition) is 5. The lowest BCUT2D eigenvalue weighted by Crippen LogP contribution is -2.22. The first kappa shape index (κ1) is 23.5. The summed E-state index contributed by atoms with van der Waals surface area (Å²) in [6.45, 7) is 1.87. The van der Waals surface area contributed by atoms with E-state index in [2.05, 4.69) is 0 Å². The van der Waals surface area contributed by atoms with E-state index in [0.29, 0.717) is 25.4 Å². The summed E-state index contributed by atoms with van der Waals surface area (Å²) in [6.07, 6.45) is 11.3. The number of rotatable bonds is 19. The number of hydrogen-bond donors (Lipinski definition) is 1. The molecule has 0 aromatic rings. The molecule has 0 bridgehead atoms. The largest absolute Gasteiger partial charge is 0.394 e. The zero-order chi connectivity index (χ0) is 17.9. The second-order valence-corrected chi connectivity index (χ2v) is 6.33. The molecule has 0 aliphatic rings. The van der Waals surface area contributed by atoms with Crippen LogP contribution in [0.2, 0.25) is 0 Å². The Hall–Kier alpha value is -0.490. The number of carbonyl (C=O) groups is 1. The van der Waals surface area contributed by atoms with Gasteiger partial charge in [-0.1, -0.05) is 32.1 Å². The third-order valence-electron chi connectivity index (χ3n) is 4.14. The van der Waals surface area contributed by atoms with Crippen LogP contribution >= 0.6 is 0 Å². The van der Waals surface area contributed by atoms with E-state index in [1.165, 1.54) is 32.1 Å². The second-order valence-electron chi connectivity index (χ2n) is 6.33. The van der Waals surface area contributed by atoms with E-state index >= 15 is 0 Å². The zero-order valence-electron chi connectivity index (χ0n) is 15.8. The molecule has 0 rings (SSSR count). The lowest BCUT2D eigenvalue weighted by molar-refractivity contribution is -0.119. The molecule has 5 heteroatoms. The van der Waals surface area contributed by atoms with Gasteiger partial charge in [-0.2, -0.15) is 0 Å². The molecule has 0 aliphatic carbocycles. The lowest BCUT2D eigenvalue weighted by Gasteiger charge is -2.12. The van der Waals surface area contributed by atoms with Crippen LogP contribution in [-0.2, 0) is 19.0 Å². The minimum Gasteiger partial charge on any atom is -0.394 e. The number of ketones is 1. The average Bonchev–Trinajstić information content (AvgIpc) is 2.59. The van der Waals surface area contributed by atoms with Crippen molar-refractivity contribution in [2.45, 2.75) is 76.7 Å². The molecule has 1 unspecified atom stereocenters. The second kappa shape index (κ2) is 18.8. The van der Waals surface area contributed by atoms with Gasteiger partial charge in [0.1, 0.15) is 11.9 Å². The van der Waals surface area contributed by atoms with Gasteiger partial charge < -0.3 is 19.3 Å². The average molecular weight is 347 g/mol. The van der Waals surface area contributed by atoms with E-state index in [0.717, 1.165) is 38.7 Å². The van der Waals surface area contributed by atoms with Crippen molar-refractivity contribution in [1.29, 1.82) is 0 Å². The van der Waals surface area contributed by atoms with Gasteiger partial charge in [-0.05, 0) is 25.7 Å². The van der Waals surface area contributed by atoms with Gasteiger partial charge in [0.25, 0.3) is 0 Å². The molecular formula is C19H38O5. The van der Waals surface area contributed by atoms with Crippen LogP contribution in [0, 0.1) is 0 Å². The van der Waals surface area contributed by atoms with Gasteiger partial charge in [0, 0.05) is 40.3 Å². The number of carbonyl (C=O) groups excluding carboxylic acids is 1. The molecule has 0 aromatic heterocycles. The first-order valence-corrected chi connectivity index (χ1v) is 9.46. The number of aliphatic hydroxyl groups is 1. The number of Topliss-reactive ketones (excluding diaryl/α,β-unsaturated/α-hetero) is 1. The van der Waals surface area contributed by atoms with Gasteiger partial charge in [0.15, 0.2) is 0 Å². The van der Waals surface area contributed by atoms with Crippen molar-refractivity contribution in [1.82, 2.24) is 0 Å². The van der Waals surface area contributed by atoms with Crippen molar-refractivity contribution in [2.24, 2.45) is 0 Å². The summed E-state index contributed by atoms with van der Waals surface area (Å²) < 4.78 is 15.4. The fourth-order valence-electron chi connectivity index (χ4n) is 2.51. The molecule has 0 aromatic carbocycles. The Morgan fingerprint density at radius 3 is 1.96 bits per heavy atom. The molecule has 0 spiro atoms. The Morgan fingerprint density at radius 1 is 0.833 bits per heavy atom. The monoisotopic (exact) mass is 346 g/mol. The van der Waals surface area contributed by atoms with Crippen LogP contribution in [0.15, 0.2) is 0 Å². The van der Waals surface area contributed by atoms with Gasteiger partial charge in [0.05, 0.1) is 13.2 Å². The van der Waals surface area contributed by atoms with Crippen molar-refractivity contribution in [3.63, 3.8) is 0 Å². The lowest BCUT2D eigenvalue weighted by atomic mass is 10.0. The van der Waals surface area contributed by atoms with Gasteiger partial charge in [-0.25, -0.2) is 0 Å². The summed E-state index contributed by atoms with van der Waals surface area (Å²) in [5.41, 5.74) is 0. The highest BCUT2D eigenvalue weighted by Crippen LogP contribution is 2.10. The van der Waals surface area contributed by atoms with Gasteiger partial charge in [-0.15, -0.1) is 0 Å². The standard InChI is InChI=1S/C19H38O5/c1-22-14-10-7-5-3-4-6-8-12-18(21)13-9-11-15-24-17-19(16-20)23-2/h19-20H,3-17H2,1-2H3. The Balaban J connectivity index is 3.24. The Kier molecular flexibility index (Phi) is 18.5. The van der Waals surface area contributed by atoms with Crippen LogP contribution in [-0.4, -0.2) is 57.6 Å². The van der Waals surface area contributed by atoms with Crippen LogP contribution in [0.4, 0.5) is 0 Å². The highest BCUT2D eigenvalue weighted by atomic mass is 16.5. The summed E-state index contributed by atoms with van der Waals surface area (Å²) >= 11 is 0. The maximum Gasteiger partial charge on any atom is 0.132 e. The van der Waals surface area contributed by atoms with Crippen LogP contribution in [0.5, 0.6) is 0 Å². The molecule has 1 atom stereocenters. The van der Waals surface area contributed by atoms with Gasteiger partial charge in [0.2, 0.25) is 0 Å². The van der Waals surface area contributed by atoms with E-state index in [9.17, 15) is 4.79 Å². The minimum absolute atomic E-state index is 0.0257. The van der Waals surface area contributed by atoms with Crippen molar-refractivity contribution in [2.75, 3.05) is 40.6 Å². The predicted molar refractivity (Wildman–Crippen MR) is 96.4 cm³/mol. The zero-order valence-corrected chi connectivity index (χ0v) is 15.8. The highest BCUT2D eigenvalue weighted by molar-refractivity contribution is 5.78. The van der Waals surface area contributed by atoms with Gasteiger partial charge in [-0.3, -0.25) is 4.79 Å². The fraction of sp³-hybridized carbons (Fsp3) is 0.947. The Bertz CT molecular complexity index is 266. The van der Waals surface area contributed by atoms with Crippen molar-refractivity contribution in [3.8, 4) is 0 Å². The van der Waals surface area contributed by atoms with E-state index in [1.54, 1.807) is 14.2 Å². The molecule has 0 fully saturated rings. The summed E-state index contributed by atoms with van der Waals surface area (Å²) in [4.78, 5) is 11.8. The Morgan fingerprint density at radius 2 is 1.38 bits per heavy atom. The van der Waals surface area contributed by atoms with Crippen molar-refractivity contribution >= 4 is 5.78 Å². The summed E-state index contributed by atoms with van der Waals surface area (Å²) in [7, 11) is 3.31. The van der Waals surface area contributed by atoms with Crippen molar-refractivity contribution in [3.05, 3.63) is 0 Å². The van der Waals surface area contributed by atoms with Crippen LogP contribution in [0.3, 0.4) is 0 Å². The number of unbranched alkanes of at least 4 members (excludes halogenated alkanes) is 7. The number of methoxy groups -OCH3 is 2. The van der Waals surface area contributed by atoms with Crippen LogP contribution < -0.4 is 0 Å². The maximum absolute atomic E-state index is 11.8. The smallest absolute Gasteiger partial charge is 0.132 e. The third kappa shape index (κ3) is 16.4. The molecule has 0 heterocycles. The number of aliphatic hydroxyl groups excluding tert-OH is 1. The van der Waals surface area contributed by atoms with Crippen molar-refractivity contribution < 1.29 is 24.1 Å². The maximum atomic E-state index is 11.8. The summed E-state index contributed by atoms with van der Waals surface area (Å²) in [5, 5.41) is 8.93. The van der Waals surface area contributed by atoms with Gasteiger partial charge >= 0.3 is 0 Å². The number of ether oxygens (including phenoxy) is 3. The normalized spacial score (nSPS) is 12.5. The minimum atomic E-state index is -0.244. The SMILES string of the molecule is COCCCCCCCCCC(=O)CCCCOCC(CO)OC. The molecule has 5 nitrogen and oxygen atoms in total. The topological polar surface area (TPSA) is 65.0 Å². The molecule has 24 heavy (non-hydrogen) atoms. The predicted octanol–water partition coefficient (Wildman–Crippen LogP) is 3.52. The molecule has 0 amide bonds. The molecule has 0 radical (unpaired) electrons. The molecule has 0 saturated heterocycles. The molecule has 0 saturated carbocycles. The van der Waals surface area contributed by atoms with Crippen LogP contribution in [0.1, 0.15) is 70.6 Å².